The Balaban J connectivity index is 1.56. The maximum Gasteiger partial charge on any atom is 0.256 e. The zero-order valence-electron chi connectivity index (χ0n) is 14.7. The highest BCUT2D eigenvalue weighted by Crippen LogP contribution is 2.24. The number of benzene rings is 1. The fraction of sp³-hybridized carbons (Fsp3) is 0.333. The van der Waals surface area contributed by atoms with E-state index in [1.54, 1.807) is 28.8 Å². The molecule has 3 aromatic rings. The molecule has 10 heteroatoms. The van der Waals surface area contributed by atoms with Gasteiger partial charge in [-0.2, -0.15) is 0 Å². The second kappa shape index (κ2) is 7.60. The number of hydrogen-bond acceptors (Lipinski definition) is 8. The predicted molar refractivity (Wildman–Crippen MR) is 97.5 cm³/mol. The highest BCUT2D eigenvalue weighted by molar-refractivity contribution is 6.06. The minimum Gasteiger partial charge on any atom is -0.394 e. The smallest absolute Gasteiger partial charge is 0.256 e. The Bertz CT molecular complexity index is 979. The van der Waals surface area contributed by atoms with Gasteiger partial charge in [0.25, 0.3) is 5.91 Å². The van der Waals surface area contributed by atoms with Crippen molar-refractivity contribution in [1.82, 2.24) is 19.5 Å². The van der Waals surface area contributed by atoms with Crippen LogP contribution in [0.5, 0.6) is 0 Å². The number of hydrogen-bond donors (Lipinski definition) is 4. The van der Waals surface area contributed by atoms with Crippen molar-refractivity contribution in [2.75, 3.05) is 11.9 Å². The summed E-state index contributed by atoms with van der Waals surface area (Å²) in [5.74, 6) is -0.0580. The third kappa shape index (κ3) is 3.34. The molecule has 4 atom stereocenters. The Labute approximate surface area is 159 Å². The molecule has 1 fully saturated rings. The van der Waals surface area contributed by atoms with Gasteiger partial charge >= 0.3 is 0 Å². The molecule has 0 unspecified atom stereocenters. The van der Waals surface area contributed by atoms with Crippen LogP contribution in [-0.4, -0.2) is 71.8 Å². The van der Waals surface area contributed by atoms with Crippen molar-refractivity contribution in [2.24, 2.45) is 0 Å². The summed E-state index contributed by atoms with van der Waals surface area (Å²) >= 11 is 0. The molecule has 0 bridgehead atoms. The largest absolute Gasteiger partial charge is 0.394 e. The van der Waals surface area contributed by atoms with Crippen molar-refractivity contribution in [1.29, 1.82) is 0 Å². The summed E-state index contributed by atoms with van der Waals surface area (Å²) in [7, 11) is 0. The van der Waals surface area contributed by atoms with E-state index in [-0.39, 0.29) is 18.3 Å². The molecule has 28 heavy (non-hydrogen) atoms. The Kier molecular flexibility index (Phi) is 5.01. The number of fused-ring (bicyclic) bond motifs is 1. The van der Waals surface area contributed by atoms with E-state index in [0.717, 1.165) is 0 Å². The Morgan fingerprint density at radius 3 is 2.57 bits per heavy atom. The van der Waals surface area contributed by atoms with Crippen LogP contribution in [0.1, 0.15) is 10.4 Å². The topological polar surface area (TPSA) is 143 Å². The molecule has 1 saturated heterocycles. The summed E-state index contributed by atoms with van der Waals surface area (Å²) in [6.07, 6.45) is -1.09. The van der Waals surface area contributed by atoms with Crippen molar-refractivity contribution < 1.29 is 24.9 Å². The molecule has 0 saturated carbocycles. The number of anilines is 1. The standard InChI is InChI=1S/C18H19N5O5/c24-7-12-15(26)14(25)11(28-12)6-23-9-21-13-16(19-8-20-17(13)23)22-18(27)10-4-2-1-3-5-10/h1-5,8-9,11-12,14-15,24-26H,6-7H2,(H,19,20,22,27)/t11-,12+,14-,15+/m0/s1. The number of nitrogens with one attached hydrogen (secondary N) is 1. The quantitative estimate of drug-likeness (QED) is 0.463. The zero-order valence-corrected chi connectivity index (χ0v) is 14.7. The van der Waals surface area contributed by atoms with Gasteiger partial charge in [0.05, 0.1) is 19.5 Å². The number of aromatic nitrogens is 4. The van der Waals surface area contributed by atoms with Gasteiger partial charge in [-0.05, 0) is 12.1 Å². The number of amides is 1. The number of aliphatic hydroxyl groups is 3. The first-order valence-corrected chi connectivity index (χ1v) is 8.73. The number of rotatable bonds is 5. The maximum absolute atomic E-state index is 12.4. The molecule has 4 rings (SSSR count). The van der Waals surface area contributed by atoms with Crippen LogP contribution in [-0.2, 0) is 11.3 Å². The normalized spacial score (nSPS) is 24.5. The van der Waals surface area contributed by atoms with Crippen molar-refractivity contribution >= 4 is 22.9 Å². The zero-order chi connectivity index (χ0) is 19.7. The maximum atomic E-state index is 12.4. The van der Waals surface area contributed by atoms with Gasteiger partial charge in [0, 0.05) is 5.56 Å². The van der Waals surface area contributed by atoms with Gasteiger partial charge in [-0.1, -0.05) is 18.2 Å². The van der Waals surface area contributed by atoms with E-state index in [1.807, 2.05) is 6.07 Å². The molecule has 0 spiro atoms. The van der Waals surface area contributed by atoms with Crippen molar-refractivity contribution in [2.45, 2.75) is 31.0 Å². The average molecular weight is 385 g/mol. The van der Waals surface area contributed by atoms with E-state index in [4.69, 9.17) is 4.74 Å². The Hall–Kier alpha value is -2.92. The predicted octanol–water partition coefficient (Wildman–Crippen LogP) is -0.440. The van der Waals surface area contributed by atoms with Crippen LogP contribution in [0.25, 0.3) is 11.2 Å². The van der Waals surface area contributed by atoms with E-state index in [1.165, 1.54) is 12.7 Å². The molecule has 1 aliphatic heterocycles. The molecule has 146 valence electrons. The summed E-state index contributed by atoms with van der Waals surface area (Å²) in [5, 5.41) is 31.9. The summed E-state index contributed by atoms with van der Waals surface area (Å²) in [6, 6.07) is 8.72. The van der Waals surface area contributed by atoms with Gasteiger partial charge in [-0.3, -0.25) is 4.79 Å². The molecular weight excluding hydrogens is 366 g/mol. The number of imidazole rings is 1. The van der Waals surface area contributed by atoms with E-state index in [0.29, 0.717) is 16.7 Å². The molecule has 3 heterocycles. The lowest BCUT2D eigenvalue weighted by Gasteiger charge is -2.15. The van der Waals surface area contributed by atoms with E-state index in [2.05, 4.69) is 20.3 Å². The lowest BCUT2D eigenvalue weighted by Crippen LogP contribution is -2.35. The van der Waals surface area contributed by atoms with E-state index in [9.17, 15) is 20.1 Å². The summed E-state index contributed by atoms with van der Waals surface area (Å²) in [5.41, 5.74) is 1.31. The number of aliphatic hydroxyl groups excluding tert-OH is 3. The van der Waals surface area contributed by atoms with Crippen molar-refractivity contribution in [3.8, 4) is 0 Å². The van der Waals surface area contributed by atoms with Gasteiger partial charge < -0.3 is 29.9 Å². The number of nitrogens with zero attached hydrogens (tertiary/aromatic N) is 4. The van der Waals surface area contributed by atoms with Gasteiger partial charge in [-0.15, -0.1) is 0 Å². The fourth-order valence-corrected chi connectivity index (χ4v) is 3.20. The second-order valence-corrected chi connectivity index (χ2v) is 6.49. The van der Waals surface area contributed by atoms with Crippen LogP contribution in [0.2, 0.25) is 0 Å². The van der Waals surface area contributed by atoms with Gasteiger partial charge in [-0.25, -0.2) is 15.0 Å². The third-order valence-electron chi connectivity index (χ3n) is 4.69. The van der Waals surface area contributed by atoms with E-state index < -0.39 is 31.0 Å². The summed E-state index contributed by atoms with van der Waals surface area (Å²) in [4.78, 5) is 24.9. The lowest BCUT2D eigenvalue weighted by molar-refractivity contribution is -0.0262. The van der Waals surface area contributed by atoms with Crippen LogP contribution >= 0.6 is 0 Å². The molecule has 0 radical (unpaired) electrons. The first-order valence-electron chi connectivity index (χ1n) is 8.73. The van der Waals surface area contributed by atoms with Gasteiger partial charge in [0.2, 0.25) is 0 Å². The van der Waals surface area contributed by atoms with Crippen LogP contribution in [0.15, 0.2) is 43.0 Å². The Morgan fingerprint density at radius 1 is 1.11 bits per heavy atom. The first-order chi connectivity index (χ1) is 13.6. The highest BCUT2D eigenvalue weighted by Gasteiger charge is 2.42. The van der Waals surface area contributed by atoms with Crippen molar-refractivity contribution in [3.63, 3.8) is 0 Å². The van der Waals surface area contributed by atoms with Crippen molar-refractivity contribution in [3.05, 3.63) is 48.5 Å². The molecule has 10 nitrogen and oxygen atoms in total. The Morgan fingerprint density at radius 2 is 1.86 bits per heavy atom. The first kappa shape index (κ1) is 18.4. The summed E-state index contributed by atoms with van der Waals surface area (Å²) < 4.78 is 7.13. The number of ether oxygens (including phenoxy) is 1. The van der Waals surface area contributed by atoms with Crippen LogP contribution < -0.4 is 5.32 Å². The molecule has 1 aromatic carbocycles. The summed E-state index contributed by atoms with van der Waals surface area (Å²) in [6.45, 7) is -0.231. The monoisotopic (exact) mass is 385 g/mol. The third-order valence-corrected chi connectivity index (χ3v) is 4.69. The minimum absolute atomic E-state index is 0.161. The molecule has 2 aromatic heterocycles. The average Bonchev–Trinajstić information content (AvgIpc) is 3.25. The number of carbonyl (C=O) groups is 1. The van der Waals surface area contributed by atoms with Crippen LogP contribution in [0.3, 0.4) is 0 Å². The molecule has 4 N–H and O–H groups in total. The minimum atomic E-state index is -1.17. The fourth-order valence-electron chi connectivity index (χ4n) is 3.20. The molecular formula is C18H19N5O5. The molecule has 1 amide bonds. The van der Waals surface area contributed by atoms with E-state index >= 15 is 0 Å². The van der Waals surface area contributed by atoms with Gasteiger partial charge in [0.15, 0.2) is 17.0 Å². The molecule has 1 aliphatic rings. The molecule has 0 aliphatic carbocycles. The number of carbonyl (C=O) groups excluding carboxylic acids is 1. The highest BCUT2D eigenvalue weighted by atomic mass is 16.6. The van der Waals surface area contributed by atoms with Crippen LogP contribution in [0, 0.1) is 0 Å². The second-order valence-electron chi connectivity index (χ2n) is 6.49. The SMILES string of the molecule is O=C(Nc1ncnc2c1ncn2C[C@@H]1O[C@H](CO)[C@@H](O)[C@H]1O)c1ccccc1. The van der Waals surface area contributed by atoms with Crippen LogP contribution in [0.4, 0.5) is 5.82 Å². The lowest BCUT2D eigenvalue weighted by atomic mass is 10.1. The van der Waals surface area contributed by atoms with Gasteiger partial charge in [0.1, 0.15) is 30.7 Å².